The highest BCUT2D eigenvalue weighted by atomic mass is 16.5. The van der Waals surface area contributed by atoms with Crippen LogP contribution in [0.1, 0.15) is 18.1 Å². The molecule has 0 bridgehead atoms. The summed E-state index contributed by atoms with van der Waals surface area (Å²) < 4.78 is 16.0. The molecule has 2 rings (SSSR count). The topological polar surface area (TPSA) is 44.8 Å². The Balaban J connectivity index is 2.69. The Morgan fingerprint density at radius 1 is 1.29 bits per heavy atom. The number of benzene rings is 1. The average Bonchev–Trinajstić information content (AvgIpc) is 2.36. The molecule has 0 aromatic heterocycles. The van der Waals surface area contributed by atoms with Crippen LogP contribution in [-0.2, 0) is 16.0 Å². The first-order valence-corrected chi connectivity index (χ1v) is 5.37. The lowest BCUT2D eigenvalue weighted by atomic mass is 9.96. The molecule has 0 N–H and O–H groups in total. The maximum absolute atomic E-state index is 11.0. The van der Waals surface area contributed by atoms with E-state index in [-0.39, 0.29) is 11.9 Å². The molecule has 0 radical (unpaired) electrons. The van der Waals surface area contributed by atoms with E-state index >= 15 is 0 Å². The average molecular weight is 234 g/mol. The number of rotatable bonds is 2. The second kappa shape index (κ2) is 4.52. The van der Waals surface area contributed by atoms with Gasteiger partial charge in [0.25, 0.3) is 0 Å². The van der Waals surface area contributed by atoms with Crippen molar-refractivity contribution in [2.75, 3.05) is 14.2 Å². The Hall–Kier alpha value is -1.93. The first-order valence-electron chi connectivity index (χ1n) is 5.37. The van der Waals surface area contributed by atoms with Crippen molar-refractivity contribution in [2.24, 2.45) is 0 Å². The molecule has 0 aliphatic carbocycles. The molecule has 90 valence electrons. The molecule has 1 aliphatic heterocycles. The SMILES string of the molecule is COc1ccc(OC)c2c1CC(C)OC2=C=O. The lowest BCUT2D eigenvalue weighted by Crippen LogP contribution is -2.20. The summed E-state index contributed by atoms with van der Waals surface area (Å²) in [5.74, 6) is 3.36. The van der Waals surface area contributed by atoms with Gasteiger partial charge in [0, 0.05) is 12.0 Å². The van der Waals surface area contributed by atoms with Crippen molar-refractivity contribution in [3.63, 3.8) is 0 Å². The molecule has 0 saturated heterocycles. The van der Waals surface area contributed by atoms with Crippen molar-refractivity contribution in [3.8, 4) is 11.5 Å². The molecule has 0 amide bonds. The summed E-state index contributed by atoms with van der Waals surface area (Å²) in [4.78, 5) is 11.0. The number of fused-ring (bicyclic) bond motifs is 1. The third kappa shape index (κ3) is 1.87. The van der Waals surface area contributed by atoms with Crippen molar-refractivity contribution < 1.29 is 19.0 Å². The van der Waals surface area contributed by atoms with Gasteiger partial charge < -0.3 is 14.2 Å². The molecule has 1 atom stereocenters. The Morgan fingerprint density at radius 2 is 1.94 bits per heavy atom. The second-order valence-electron chi connectivity index (χ2n) is 3.89. The van der Waals surface area contributed by atoms with Crippen LogP contribution in [0, 0.1) is 0 Å². The monoisotopic (exact) mass is 234 g/mol. The van der Waals surface area contributed by atoms with Crippen LogP contribution in [0.5, 0.6) is 11.5 Å². The van der Waals surface area contributed by atoms with Crippen LogP contribution in [0.2, 0.25) is 0 Å². The summed E-state index contributed by atoms with van der Waals surface area (Å²) in [6.07, 6.45) is 0.612. The molecule has 0 spiro atoms. The minimum atomic E-state index is -0.0695. The quantitative estimate of drug-likeness (QED) is 0.732. The fourth-order valence-corrected chi connectivity index (χ4v) is 2.08. The highest BCUT2D eigenvalue weighted by Gasteiger charge is 2.28. The van der Waals surface area contributed by atoms with Crippen LogP contribution in [0.4, 0.5) is 0 Å². The molecule has 1 aromatic carbocycles. The summed E-state index contributed by atoms with van der Waals surface area (Å²) >= 11 is 0. The highest BCUT2D eigenvalue weighted by molar-refractivity contribution is 5.88. The first kappa shape index (κ1) is 11.6. The maximum Gasteiger partial charge on any atom is 0.215 e. The predicted octanol–water partition coefficient (Wildman–Crippen LogP) is 1.84. The van der Waals surface area contributed by atoms with Gasteiger partial charge in [-0.1, -0.05) is 0 Å². The summed E-state index contributed by atoms with van der Waals surface area (Å²) in [7, 11) is 3.16. The van der Waals surface area contributed by atoms with Crippen molar-refractivity contribution in [3.05, 3.63) is 23.3 Å². The minimum absolute atomic E-state index is 0.0695. The van der Waals surface area contributed by atoms with Crippen molar-refractivity contribution >= 4 is 11.7 Å². The third-order valence-electron chi connectivity index (χ3n) is 2.80. The van der Waals surface area contributed by atoms with Crippen molar-refractivity contribution in [2.45, 2.75) is 19.4 Å². The summed E-state index contributed by atoms with van der Waals surface area (Å²) in [6.45, 7) is 1.90. The smallest absolute Gasteiger partial charge is 0.215 e. The van der Waals surface area contributed by atoms with E-state index in [9.17, 15) is 4.79 Å². The zero-order valence-electron chi connectivity index (χ0n) is 10.1. The number of carbonyl (C=O) groups excluding carboxylic acids is 1. The molecule has 17 heavy (non-hydrogen) atoms. The van der Waals surface area contributed by atoms with Gasteiger partial charge in [0.05, 0.1) is 19.8 Å². The summed E-state index contributed by atoms with van der Waals surface area (Å²) in [5.41, 5.74) is 1.59. The van der Waals surface area contributed by atoms with Gasteiger partial charge in [0.2, 0.25) is 5.76 Å². The van der Waals surface area contributed by atoms with E-state index in [1.165, 1.54) is 0 Å². The second-order valence-corrected chi connectivity index (χ2v) is 3.89. The number of methoxy groups -OCH3 is 2. The summed E-state index contributed by atoms with van der Waals surface area (Å²) in [5, 5.41) is 0. The molecule has 0 fully saturated rings. The lowest BCUT2D eigenvalue weighted by Gasteiger charge is -2.26. The zero-order chi connectivity index (χ0) is 12.4. The Kier molecular flexibility index (Phi) is 3.07. The van der Waals surface area contributed by atoms with Crippen LogP contribution >= 0.6 is 0 Å². The normalized spacial score (nSPS) is 17.8. The zero-order valence-corrected chi connectivity index (χ0v) is 10.1. The van der Waals surface area contributed by atoms with E-state index in [1.54, 1.807) is 20.3 Å². The third-order valence-corrected chi connectivity index (χ3v) is 2.80. The highest BCUT2D eigenvalue weighted by Crippen LogP contribution is 2.39. The molecule has 1 unspecified atom stereocenters. The number of ether oxygens (including phenoxy) is 3. The van der Waals surface area contributed by atoms with E-state index in [2.05, 4.69) is 0 Å². The Morgan fingerprint density at radius 3 is 2.53 bits per heavy atom. The minimum Gasteiger partial charge on any atom is -0.496 e. The van der Waals surface area contributed by atoms with Gasteiger partial charge in [0.15, 0.2) is 5.94 Å². The van der Waals surface area contributed by atoms with Gasteiger partial charge in [-0.15, -0.1) is 0 Å². The molecular weight excluding hydrogens is 220 g/mol. The standard InChI is InChI=1S/C13H14O4/c1-8-6-9-10(15-2)4-5-11(16-3)13(9)12(7-14)17-8/h4-5,8H,6H2,1-3H3. The van der Waals surface area contributed by atoms with Gasteiger partial charge in [0.1, 0.15) is 17.6 Å². The molecule has 4 heteroatoms. The van der Waals surface area contributed by atoms with Gasteiger partial charge in [-0.3, -0.25) is 0 Å². The predicted molar refractivity (Wildman–Crippen MR) is 62.9 cm³/mol. The molecule has 1 aromatic rings. The maximum atomic E-state index is 11.0. The largest absolute Gasteiger partial charge is 0.496 e. The van der Waals surface area contributed by atoms with Crippen LogP contribution in [0.3, 0.4) is 0 Å². The van der Waals surface area contributed by atoms with E-state index in [0.717, 1.165) is 11.3 Å². The molecule has 1 heterocycles. The van der Waals surface area contributed by atoms with Crippen molar-refractivity contribution in [1.82, 2.24) is 0 Å². The number of hydrogen-bond donors (Lipinski definition) is 0. The fraction of sp³-hybridized carbons (Fsp3) is 0.385. The molecule has 4 nitrogen and oxygen atoms in total. The molecule has 0 saturated carbocycles. The first-order chi connectivity index (χ1) is 8.21. The Bertz CT molecular complexity index is 486. The van der Waals surface area contributed by atoms with Crippen LogP contribution in [0.15, 0.2) is 12.1 Å². The van der Waals surface area contributed by atoms with E-state index in [0.29, 0.717) is 17.7 Å². The molecular formula is C13H14O4. The van der Waals surface area contributed by atoms with E-state index < -0.39 is 0 Å². The number of hydrogen-bond acceptors (Lipinski definition) is 4. The van der Waals surface area contributed by atoms with Gasteiger partial charge in [-0.25, -0.2) is 4.79 Å². The fourth-order valence-electron chi connectivity index (χ4n) is 2.08. The van der Waals surface area contributed by atoms with Crippen LogP contribution < -0.4 is 9.47 Å². The van der Waals surface area contributed by atoms with Gasteiger partial charge in [-0.2, -0.15) is 0 Å². The van der Waals surface area contributed by atoms with Crippen molar-refractivity contribution in [1.29, 1.82) is 0 Å². The Labute approximate surface area is 99.8 Å². The lowest BCUT2D eigenvalue weighted by molar-refractivity contribution is 0.174. The van der Waals surface area contributed by atoms with Gasteiger partial charge in [-0.05, 0) is 19.1 Å². The van der Waals surface area contributed by atoms with Gasteiger partial charge >= 0.3 is 0 Å². The van der Waals surface area contributed by atoms with Crippen LogP contribution in [-0.4, -0.2) is 26.3 Å². The van der Waals surface area contributed by atoms with Crippen LogP contribution in [0.25, 0.3) is 5.76 Å². The van der Waals surface area contributed by atoms with E-state index in [1.807, 2.05) is 18.9 Å². The van der Waals surface area contributed by atoms with E-state index in [4.69, 9.17) is 14.2 Å². The summed E-state index contributed by atoms with van der Waals surface area (Å²) in [6, 6.07) is 3.59. The molecule has 1 aliphatic rings.